The number of ether oxygens (including phenoxy) is 1. The molecule has 9 heterocycles. The fourth-order valence-corrected chi connectivity index (χ4v) is 14.1. The summed E-state index contributed by atoms with van der Waals surface area (Å²) in [6.07, 6.45) is -4.75. The summed E-state index contributed by atoms with van der Waals surface area (Å²) in [4.78, 5) is 108. The molecule has 3 saturated heterocycles. The minimum Gasteiger partial charge on any atom is -0.495 e. The number of methoxy groups -OCH3 is 1. The van der Waals surface area contributed by atoms with Crippen LogP contribution in [-0.2, 0) is 31.6 Å². The number of hydrogen-bond donors (Lipinski definition) is 6. The van der Waals surface area contributed by atoms with Gasteiger partial charge in [-0.15, -0.1) is 0 Å². The van der Waals surface area contributed by atoms with Gasteiger partial charge in [0.1, 0.15) is 46.6 Å². The smallest absolute Gasteiger partial charge is 0.417 e. The zero-order valence-corrected chi connectivity index (χ0v) is 64.2. The zero-order valence-electron chi connectivity index (χ0n) is 63.5. The fraction of sp³-hybridized carbons (Fsp3) is 0.304. The van der Waals surface area contributed by atoms with Gasteiger partial charge in [-0.05, 0) is 136 Å². The number of halogens is 10. The molecule has 0 spiro atoms. The molecule has 0 radical (unpaired) electrons. The lowest BCUT2D eigenvalue weighted by Gasteiger charge is -2.38. The number of alkyl halides is 9. The Bertz CT molecular complexity index is 5470. The number of nitrogens with zero attached hydrogens (tertiary/aromatic N) is 18. The topological polar surface area (TPSA) is 284 Å². The van der Waals surface area contributed by atoms with E-state index in [9.17, 15) is 53.9 Å². The second-order valence-corrected chi connectivity index (χ2v) is 29.2. The summed E-state index contributed by atoms with van der Waals surface area (Å²) >= 11 is 5.90. The minimum absolute atomic E-state index is 0.00877. The van der Waals surface area contributed by atoms with Crippen molar-refractivity contribution in [1.29, 1.82) is 0 Å². The molecule has 28 nitrogen and oxygen atoms in total. The zero-order chi connectivity index (χ0) is 82.2. The minimum atomic E-state index is -4.79. The van der Waals surface area contributed by atoms with Crippen molar-refractivity contribution >= 4 is 123 Å². The Labute approximate surface area is 669 Å². The summed E-state index contributed by atoms with van der Waals surface area (Å²) in [5, 5.41) is 17.6. The van der Waals surface area contributed by atoms with Crippen molar-refractivity contribution in [2.45, 2.75) is 50.6 Å². The summed E-state index contributed by atoms with van der Waals surface area (Å²) in [5.74, 6) is -0.415. The predicted molar refractivity (Wildman–Crippen MR) is 429 cm³/mol. The molecule has 3 amide bonds. The number of aliphatic imine (C=N–C) groups is 6. The number of fused-ring (bicyclic) bond motifs is 3. The highest BCUT2D eigenvalue weighted by Crippen LogP contribution is 2.41. The molecule has 38 heteroatoms. The number of nitrogens with one attached hydrogen (secondary N) is 6. The molecule has 8 aromatic rings. The van der Waals surface area contributed by atoms with Crippen LogP contribution in [0.3, 0.4) is 0 Å². The largest absolute Gasteiger partial charge is 0.495 e. The lowest BCUT2D eigenvalue weighted by molar-refractivity contribution is -0.138. The lowest BCUT2D eigenvalue weighted by Crippen LogP contribution is -2.49. The van der Waals surface area contributed by atoms with Crippen molar-refractivity contribution in [3.8, 4) is 5.75 Å². The number of anilines is 8. The van der Waals surface area contributed by atoms with Crippen LogP contribution < -0.4 is 41.5 Å². The van der Waals surface area contributed by atoms with Gasteiger partial charge in [-0.25, -0.2) is 49.9 Å². The number of aryl methyl sites for hydroxylation is 1. The maximum Gasteiger partial charge on any atom is 0.417 e. The van der Waals surface area contributed by atoms with Crippen molar-refractivity contribution in [1.82, 2.24) is 54.2 Å². The van der Waals surface area contributed by atoms with Gasteiger partial charge in [-0.3, -0.25) is 14.4 Å². The summed E-state index contributed by atoms with van der Waals surface area (Å²) in [6.45, 7) is 9.74. The van der Waals surface area contributed by atoms with E-state index in [2.05, 4.69) is 66.5 Å². The monoisotopic (exact) mass is 1630 g/mol. The van der Waals surface area contributed by atoms with Gasteiger partial charge in [0, 0.05) is 149 Å². The summed E-state index contributed by atoms with van der Waals surface area (Å²) in [5.41, 5.74) is 0.709. The number of hydrogen-bond acceptors (Lipinski definition) is 25. The normalized spacial score (nSPS) is 18.2. The standard InChI is InChI=1S/C79H76ClF9N24O4/c1-45-9-10-46(71(114)98-54-16-17-56(80)55(36-54)79(87,88)89)31-57(45)99-69-66-62(38-91-75(104-66)110-27-21-107(3)22-28-110)112(43-95-69)41-50-14-12-48(73(116)102-60-35-52(78(84,85)86)15-18-64(60)117-5)33-59(50)101-70-67-63(39-92-76(105-67)111-29-23-108(4)24-30-111)113(44-96-70)40-49-13-11-47(72(115)97-53-8-6-7-51(34-53)77(81,82)83)32-58(49)100-68-65-61(93-42-94-68)37-90-74(103-65)109-25-19-106(2)20-26-109/h6-18,31-39,42-44,62-63,99,101H,19-30,40-41H2,1-5H3,(H,97,115)(H,98,114)(H,102,116)(H,93,94,100). The van der Waals surface area contributed by atoms with Crippen LogP contribution >= 0.6 is 11.6 Å². The van der Waals surface area contributed by atoms with E-state index in [1.165, 1.54) is 62.0 Å². The lowest BCUT2D eigenvalue weighted by atomic mass is 10.0. The van der Waals surface area contributed by atoms with Crippen molar-refractivity contribution in [3.05, 3.63) is 206 Å². The molecule has 0 aliphatic carbocycles. The number of benzene rings is 6. The summed E-state index contributed by atoms with van der Waals surface area (Å²) in [7, 11) is 7.31. The Kier molecular flexibility index (Phi) is 22.4. The van der Waals surface area contributed by atoms with Crippen molar-refractivity contribution in [3.63, 3.8) is 0 Å². The Balaban J connectivity index is 0.792. The highest BCUT2D eigenvalue weighted by Gasteiger charge is 2.39. The molecule has 6 aromatic carbocycles. The average molecular weight is 1630 g/mol. The first kappa shape index (κ1) is 79.6. The van der Waals surface area contributed by atoms with Crippen molar-refractivity contribution in [2.24, 2.45) is 30.0 Å². The van der Waals surface area contributed by atoms with Gasteiger partial charge in [0.15, 0.2) is 17.5 Å². The van der Waals surface area contributed by atoms with E-state index in [1.54, 1.807) is 62.5 Å². The average Bonchev–Trinajstić information content (AvgIpc) is 0.774. The number of carbonyl (C=O) groups excluding carboxylic acids is 3. The Morgan fingerprint density at radius 1 is 0.504 bits per heavy atom. The molecule has 7 aliphatic rings. The predicted octanol–water partition coefficient (Wildman–Crippen LogP) is 12.1. The Morgan fingerprint density at radius 3 is 1.56 bits per heavy atom. The van der Waals surface area contributed by atoms with E-state index in [1.807, 2.05) is 40.7 Å². The first-order valence-corrected chi connectivity index (χ1v) is 37.4. The molecular formula is C79H76ClF9N24O4. The highest BCUT2D eigenvalue weighted by atomic mass is 35.5. The number of amides is 3. The van der Waals surface area contributed by atoms with E-state index in [-0.39, 0.29) is 75.7 Å². The van der Waals surface area contributed by atoms with Gasteiger partial charge in [0.05, 0.1) is 53.4 Å². The molecule has 15 rings (SSSR count). The van der Waals surface area contributed by atoms with Crippen LogP contribution in [-0.4, -0.2) is 228 Å². The van der Waals surface area contributed by atoms with Crippen LogP contribution in [0.5, 0.6) is 5.75 Å². The van der Waals surface area contributed by atoms with Crippen LogP contribution in [0, 0.1) is 6.92 Å². The number of carbonyl (C=O) groups is 3. The Morgan fingerprint density at radius 2 is 1.01 bits per heavy atom. The quantitative estimate of drug-likeness (QED) is 0.0435. The molecule has 0 bridgehead atoms. The van der Waals surface area contributed by atoms with Gasteiger partial charge in [-0.1, -0.05) is 35.9 Å². The van der Waals surface area contributed by atoms with E-state index in [0.717, 1.165) is 55.6 Å². The summed E-state index contributed by atoms with van der Waals surface area (Å²) < 4.78 is 132. The number of guanidine groups is 2. The van der Waals surface area contributed by atoms with Gasteiger partial charge in [0.2, 0.25) is 17.9 Å². The van der Waals surface area contributed by atoms with Gasteiger partial charge >= 0.3 is 18.5 Å². The molecule has 7 aliphatic heterocycles. The van der Waals surface area contributed by atoms with E-state index < -0.39 is 70.0 Å². The van der Waals surface area contributed by atoms with Gasteiger partial charge in [-0.2, -0.15) is 39.5 Å². The molecule has 0 saturated carbocycles. The number of piperazine rings is 3. The number of rotatable bonds is 18. The molecular weight excluding hydrogens is 1560 g/mol. The van der Waals surface area contributed by atoms with Crippen LogP contribution in [0.4, 0.5) is 85.4 Å². The summed E-state index contributed by atoms with van der Waals surface area (Å²) in [6, 6.07) is 22.6. The number of likely N-dealkylation sites (N-methyl/N-ethyl adjacent to an activating group) is 3. The van der Waals surface area contributed by atoms with Crippen molar-refractivity contribution < 1.29 is 58.6 Å². The van der Waals surface area contributed by atoms with Gasteiger partial charge in [0.25, 0.3) is 17.7 Å². The van der Waals surface area contributed by atoms with Gasteiger partial charge < -0.3 is 75.8 Å². The molecule has 117 heavy (non-hydrogen) atoms. The third-order valence-electron chi connectivity index (χ3n) is 20.7. The maximum absolute atomic E-state index is 14.7. The molecule has 6 N–H and O–H groups in total. The number of aromatic nitrogens is 4. The van der Waals surface area contributed by atoms with Crippen molar-refractivity contribution in [2.75, 3.05) is 144 Å². The fourth-order valence-electron chi connectivity index (χ4n) is 13.9. The SMILES string of the molecule is COc1ccc(C(F)(F)F)cc1NC(=O)c1ccc(CN2C=NC(Nc3cc(C(=O)Nc4ccc(Cl)c(C(F)(F)F)c4)ccc3C)=C3N=C(N4CCN(C)CC4)N=CC32)c(NC2=C3N=C(N4CCN(C)CC4)N=CC3N(Cc3ccc(C(=O)Nc4cccc(C(F)(F)F)c4)cc3Nc3ncnc4cnc(N5CCN(C)CC5)nc34)C=N2)c1. The highest BCUT2D eigenvalue weighted by molar-refractivity contribution is 6.31. The third kappa shape index (κ3) is 17.9. The van der Waals surface area contributed by atoms with Crippen LogP contribution in [0.2, 0.25) is 5.02 Å². The Hall–Kier alpha value is -12.6. The maximum atomic E-state index is 14.7. The van der Waals surface area contributed by atoms with E-state index in [4.69, 9.17) is 51.3 Å². The molecule has 2 unspecified atom stereocenters. The molecule has 3 fully saturated rings. The second kappa shape index (κ2) is 32.9. The van der Waals surface area contributed by atoms with Crippen LogP contribution in [0.25, 0.3) is 11.0 Å². The first-order chi connectivity index (χ1) is 56.0. The van der Waals surface area contributed by atoms with E-state index >= 15 is 0 Å². The van der Waals surface area contributed by atoms with Crippen LogP contribution in [0.1, 0.15) is 64.5 Å². The molecule has 2 aromatic heterocycles. The molecule has 606 valence electrons. The second-order valence-electron chi connectivity index (χ2n) is 28.8. The first-order valence-electron chi connectivity index (χ1n) is 37.1. The molecule has 2 atom stereocenters. The van der Waals surface area contributed by atoms with E-state index in [0.29, 0.717) is 134 Å². The van der Waals surface area contributed by atoms with Crippen LogP contribution in [0.15, 0.2) is 181 Å². The third-order valence-corrected chi connectivity index (χ3v) is 21.0.